The first kappa shape index (κ1) is 40.1. The number of methoxy groups -OCH3 is 2. The van der Waals surface area contributed by atoms with Gasteiger partial charge in [0.2, 0.25) is 0 Å². The van der Waals surface area contributed by atoms with Crippen LogP contribution in [0.5, 0.6) is 0 Å². The zero-order valence-corrected chi connectivity index (χ0v) is 30.0. The number of carbonyl (C=O) groups excluding carboxylic acids is 1. The fraction of sp³-hybridized carbons (Fsp3) is 0.865. The van der Waals surface area contributed by atoms with Crippen molar-refractivity contribution in [2.24, 2.45) is 23.7 Å². The van der Waals surface area contributed by atoms with E-state index in [-0.39, 0.29) is 61.3 Å². The van der Waals surface area contributed by atoms with E-state index in [1.54, 1.807) is 34.1 Å². The standard InChI is InChI=1S/C37H64O10/c1-21(13-15-30-18-31(43-7)16-23(3)45-30)35(41)26(6)36-25(5)33(40)20-32(39)24(4)34(44-8)19-29-11-9-10-28(46-29)17-27(38)14-12-22(2)37(42)47-36/h9-10,12,21,23-36,38-41H,11,13-20H2,1-8H3/b22-12+. The number of rotatable bonds is 8. The number of cyclic esters (lactones) is 1. The summed E-state index contributed by atoms with van der Waals surface area (Å²) >= 11 is 0. The molecule has 0 aromatic rings. The molecule has 10 heteroatoms. The largest absolute Gasteiger partial charge is 0.458 e. The molecule has 3 aliphatic rings. The van der Waals surface area contributed by atoms with Gasteiger partial charge in [-0.1, -0.05) is 45.9 Å². The zero-order chi connectivity index (χ0) is 34.8. The van der Waals surface area contributed by atoms with Crippen LogP contribution in [0.15, 0.2) is 23.8 Å². The number of esters is 1. The molecule has 0 aromatic heterocycles. The van der Waals surface area contributed by atoms with Gasteiger partial charge in [-0.25, -0.2) is 4.79 Å². The summed E-state index contributed by atoms with van der Waals surface area (Å²) in [6.45, 7) is 11.2. The predicted octanol–water partition coefficient (Wildman–Crippen LogP) is 4.50. The Labute approximate surface area is 282 Å². The lowest BCUT2D eigenvalue weighted by atomic mass is 9.78. The second-order valence-electron chi connectivity index (χ2n) is 14.7. The molecule has 1 saturated heterocycles. The average Bonchev–Trinajstić information content (AvgIpc) is 3.05. The highest BCUT2D eigenvalue weighted by Crippen LogP contribution is 2.33. The molecular formula is C37H64O10. The van der Waals surface area contributed by atoms with Gasteiger partial charge >= 0.3 is 5.97 Å². The minimum absolute atomic E-state index is 0.0491. The third-order valence-electron chi connectivity index (χ3n) is 10.9. The van der Waals surface area contributed by atoms with E-state index in [2.05, 4.69) is 13.0 Å². The molecule has 47 heavy (non-hydrogen) atoms. The van der Waals surface area contributed by atoms with E-state index in [0.29, 0.717) is 31.3 Å². The summed E-state index contributed by atoms with van der Waals surface area (Å²) in [6, 6.07) is 0. The Balaban J connectivity index is 1.79. The molecule has 272 valence electrons. The highest BCUT2D eigenvalue weighted by Gasteiger charge is 2.40. The number of hydrogen-bond donors (Lipinski definition) is 4. The van der Waals surface area contributed by atoms with Crippen molar-refractivity contribution in [3.8, 4) is 0 Å². The Bertz CT molecular complexity index is 1000. The van der Waals surface area contributed by atoms with E-state index < -0.39 is 48.3 Å². The Hall–Kier alpha value is -1.37. The van der Waals surface area contributed by atoms with Gasteiger partial charge in [0.05, 0.1) is 61.0 Å². The van der Waals surface area contributed by atoms with E-state index in [0.717, 1.165) is 19.3 Å². The molecule has 4 N–H and O–H groups in total. The average molecular weight is 669 g/mol. The van der Waals surface area contributed by atoms with Crippen LogP contribution in [-0.2, 0) is 28.5 Å². The number of aliphatic hydroxyl groups is 4. The first-order valence-corrected chi connectivity index (χ1v) is 17.9. The van der Waals surface area contributed by atoms with Crippen LogP contribution in [0.4, 0.5) is 0 Å². The Morgan fingerprint density at radius 3 is 2.30 bits per heavy atom. The maximum absolute atomic E-state index is 13.4. The quantitative estimate of drug-likeness (QED) is 0.216. The molecule has 0 radical (unpaired) electrons. The maximum Gasteiger partial charge on any atom is 0.333 e. The first-order chi connectivity index (χ1) is 22.2. The summed E-state index contributed by atoms with van der Waals surface area (Å²) in [4.78, 5) is 13.4. The second-order valence-corrected chi connectivity index (χ2v) is 14.7. The molecule has 3 rings (SSSR count). The van der Waals surface area contributed by atoms with Crippen LogP contribution in [-0.4, -0.2) is 108 Å². The van der Waals surface area contributed by atoms with Crippen LogP contribution in [0, 0.1) is 23.7 Å². The van der Waals surface area contributed by atoms with Crippen LogP contribution in [0.2, 0.25) is 0 Å². The molecule has 0 spiro atoms. The molecule has 0 aromatic carbocycles. The minimum atomic E-state index is -1.01. The van der Waals surface area contributed by atoms with E-state index in [4.69, 9.17) is 23.7 Å². The van der Waals surface area contributed by atoms with E-state index >= 15 is 0 Å². The van der Waals surface area contributed by atoms with Crippen molar-refractivity contribution < 1.29 is 48.9 Å². The third kappa shape index (κ3) is 11.9. The maximum atomic E-state index is 13.4. The van der Waals surface area contributed by atoms with E-state index in [1.807, 2.05) is 26.8 Å². The van der Waals surface area contributed by atoms with Gasteiger partial charge in [0, 0.05) is 50.4 Å². The summed E-state index contributed by atoms with van der Waals surface area (Å²) in [6.07, 6.45) is 6.16. The van der Waals surface area contributed by atoms with Crippen LogP contribution in [0.1, 0.15) is 99.3 Å². The number of hydrogen-bond acceptors (Lipinski definition) is 10. The predicted molar refractivity (Wildman–Crippen MR) is 180 cm³/mol. The Kier molecular flexibility index (Phi) is 16.3. The van der Waals surface area contributed by atoms with Crippen molar-refractivity contribution >= 4 is 5.97 Å². The summed E-state index contributed by atoms with van der Waals surface area (Å²) in [5, 5.41) is 45.1. The molecular weight excluding hydrogens is 604 g/mol. The third-order valence-corrected chi connectivity index (χ3v) is 10.9. The summed E-state index contributed by atoms with van der Waals surface area (Å²) < 4.78 is 29.9. The molecule has 0 saturated carbocycles. The number of aliphatic hydroxyl groups excluding tert-OH is 4. The van der Waals surface area contributed by atoms with Gasteiger partial charge in [0.15, 0.2) is 0 Å². The molecule has 0 aliphatic carbocycles. The van der Waals surface area contributed by atoms with Crippen LogP contribution in [0.25, 0.3) is 0 Å². The van der Waals surface area contributed by atoms with Crippen LogP contribution >= 0.6 is 0 Å². The van der Waals surface area contributed by atoms with Gasteiger partial charge in [-0.15, -0.1) is 0 Å². The van der Waals surface area contributed by atoms with Gasteiger partial charge in [0.1, 0.15) is 6.10 Å². The fourth-order valence-corrected chi connectivity index (χ4v) is 7.52. The first-order valence-electron chi connectivity index (χ1n) is 17.9. The van der Waals surface area contributed by atoms with Crippen molar-refractivity contribution in [2.45, 2.75) is 166 Å². The van der Waals surface area contributed by atoms with E-state index in [9.17, 15) is 25.2 Å². The molecule has 1 fully saturated rings. The summed E-state index contributed by atoms with van der Waals surface area (Å²) in [5.74, 6) is -2.10. The monoisotopic (exact) mass is 668 g/mol. The van der Waals surface area contributed by atoms with Crippen LogP contribution < -0.4 is 0 Å². The molecule has 0 amide bonds. The molecule has 10 nitrogen and oxygen atoms in total. The lowest BCUT2D eigenvalue weighted by Gasteiger charge is -2.38. The van der Waals surface area contributed by atoms with Gasteiger partial charge in [0.25, 0.3) is 0 Å². The topological polar surface area (TPSA) is 144 Å². The smallest absolute Gasteiger partial charge is 0.333 e. The number of carbonyl (C=O) groups is 1. The van der Waals surface area contributed by atoms with Gasteiger partial charge in [-0.2, -0.15) is 0 Å². The highest BCUT2D eigenvalue weighted by molar-refractivity contribution is 5.87. The highest BCUT2D eigenvalue weighted by atomic mass is 16.5. The minimum Gasteiger partial charge on any atom is -0.458 e. The summed E-state index contributed by atoms with van der Waals surface area (Å²) in [7, 11) is 3.35. The van der Waals surface area contributed by atoms with Crippen molar-refractivity contribution in [1.29, 1.82) is 0 Å². The lowest BCUT2D eigenvalue weighted by molar-refractivity contribution is -0.158. The van der Waals surface area contributed by atoms with Crippen molar-refractivity contribution in [3.05, 3.63) is 23.8 Å². The van der Waals surface area contributed by atoms with Gasteiger partial charge in [-0.3, -0.25) is 0 Å². The second kappa shape index (κ2) is 19.1. The molecule has 3 heterocycles. The molecule has 15 unspecified atom stereocenters. The molecule has 3 aliphatic heterocycles. The Morgan fingerprint density at radius 1 is 0.915 bits per heavy atom. The van der Waals surface area contributed by atoms with Crippen molar-refractivity contribution in [2.75, 3.05) is 14.2 Å². The number of ether oxygens (including phenoxy) is 5. The SMILES string of the molecule is COC1CC(C)OC(CCC(C)C(O)C(C)C2OC(=O)/C(C)=C/CC(O)CC3C=CCC(CC(OC)C(C)C(O)CC(O)C2C)O3)C1. The van der Waals surface area contributed by atoms with Gasteiger partial charge < -0.3 is 44.1 Å². The Morgan fingerprint density at radius 2 is 1.62 bits per heavy atom. The van der Waals surface area contributed by atoms with Gasteiger partial charge in [-0.05, 0) is 64.7 Å². The normalized spacial score (nSPS) is 41.4. The lowest BCUT2D eigenvalue weighted by Crippen LogP contribution is -2.46. The zero-order valence-electron chi connectivity index (χ0n) is 30.0. The van der Waals surface area contributed by atoms with Crippen LogP contribution in [0.3, 0.4) is 0 Å². The van der Waals surface area contributed by atoms with E-state index in [1.165, 1.54) is 0 Å². The fourth-order valence-electron chi connectivity index (χ4n) is 7.52. The number of fused-ring (bicyclic) bond motifs is 2. The van der Waals surface area contributed by atoms with Crippen molar-refractivity contribution in [3.63, 3.8) is 0 Å². The molecule has 15 atom stereocenters. The van der Waals surface area contributed by atoms with Crippen molar-refractivity contribution in [1.82, 2.24) is 0 Å². The molecule has 2 bridgehead atoms. The summed E-state index contributed by atoms with van der Waals surface area (Å²) in [5.41, 5.74) is 0.345.